The molecule has 1 heterocycles. The number of ether oxygens (including phenoxy) is 1. The molecule has 2 nitrogen and oxygen atoms in total. The highest BCUT2D eigenvalue weighted by Crippen LogP contribution is 2.48. The summed E-state index contributed by atoms with van der Waals surface area (Å²) in [5, 5.41) is 0. The van der Waals surface area contributed by atoms with Gasteiger partial charge in [0.1, 0.15) is 6.10 Å². The largest absolute Gasteiger partial charge is 0.458 e. The second-order valence-corrected chi connectivity index (χ2v) is 5.65. The normalized spacial score (nSPS) is 38.9. The van der Waals surface area contributed by atoms with E-state index in [1.54, 1.807) is 0 Å². The van der Waals surface area contributed by atoms with Crippen LogP contribution in [0, 0.1) is 11.3 Å². The minimum Gasteiger partial charge on any atom is -0.458 e. The molecule has 0 N–H and O–H groups in total. The second kappa shape index (κ2) is 3.76. The first-order valence-electron chi connectivity index (χ1n) is 5.96. The smallest absolute Gasteiger partial charge is 0.333 e. The molecule has 2 fully saturated rings. The van der Waals surface area contributed by atoms with Crippen LogP contribution in [0.15, 0.2) is 24.3 Å². The summed E-state index contributed by atoms with van der Waals surface area (Å²) in [4.78, 5) is 11.5. The Morgan fingerprint density at radius 1 is 1.56 bits per heavy atom. The lowest BCUT2D eigenvalue weighted by molar-refractivity contribution is -0.162. The molecule has 1 saturated carbocycles. The molecule has 0 amide bonds. The SMILES string of the molecule is C=C1C[C@]2(C)CC[C@@H](C(=C)C)C[C@H]2OC1=O. The summed E-state index contributed by atoms with van der Waals surface area (Å²) in [5.74, 6) is 0.307. The summed E-state index contributed by atoms with van der Waals surface area (Å²) in [6.45, 7) is 12.1. The molecule has 0 radical (unpaired) electrons. The van der Waals surface area contributed by atoms with Crippen molar-refractivity contribution >= 4 is 5.97 Å². The van der Waals surface area contributed by atoms with E-state index in [-0.39, 0.29) is 17.5 Å². The summed E-state index contributed by atoms with van der Waals surface area (Å²) in [6, 6.07) is 0. The van der Waals surface area contributed by atoms with Crippen LogP contribution < -0.4 is 0 Å². The first kappa shape index (κ1) is 11.4. The minimum atomic E-state index is -0.204. The zero-order chi connectivity index (χ0) is 11.9. The van der Waals surface area contributed by atoms with Gasteiger partial charge in [0.15, 0.2) is 0 Å². The van der Waals surface area contributed by atoms with Gasteiger partial charge in [-0.05, 0) is 38.5 Å². The highest BCUT2D eigenvalue weighted by Gasteiger charge is 2.46. The van der Waals surface area contributed by atoms with Gasteiger partial charge in [0, 0.05) is 11.0 Å². The minimum absolute atomic E-state index is 0.0564. The van der Waals surface area contributed by atoms with Gasteiger partial charge in [-0.3, -0.25) is 0 Å². The van der Waals surface area contributed by atoms with Gasteiger partial charge in [-0.2, -0.15) is 0 Å². The van der Waals surface area contributed by atoms with E-state index in [9.17, 15) is 4.79 Å². The number of carbonyl (C=O) groups excluding carboxylic acids is 1. The van der Waals surface area contributed by atoms with Crippen molar-refractivity contribution in [3.05, 3.63) is 24.3 Å². The number of hydrogen-bond donors (Lipinski definition) is 0. The molecular formula is C14H20O2. The highest BCUT2D eigenvalue weighted by atomic mass is 16.5. The van der Waals surface area contributed by atoms with Crippen LogP contribution in [0.4, 0.5) is 0 Å². The maximum Gasteiger partial charge on any atom is 0.333 e. The number of rotatable bonds is 1. The third-order valence-electron chi connectivity index (χ3n) is 4.19. The van der Waals surface area contributed by atoms with Crippen LogP contribution in [0.2, 0.25) is 0 Å². The lowest BCUT2D eigenvalue weighted by Gasteiger charge is -2.47. The predicted octanol–water partition coefficient (Wildman–Crippen LogP) is 3.24. The molecule has 1 saturated heterocycles. The maximum atomic E-state index is 11.5. The van der Waals surface area contributed by atoms with Crippen LogP contribution in [-0.2, 0) is 9.53 Å². The van der Waals surface area contributed by atoms with Crippen LogP contribution >= 0.6 is 0 Å². The summed E-state index contributed by atoms with van der Waals surface area (Å²) in [6.07, 6.45) is 4.04. The summed E-state index contributed by atoms with van der Waals surface area (Å²) >= 11 is 0. The van der Waals surface area contributed by atoms with Crippen molar-refractivity contribution in [2.75, 3.05) is 0 Å². The molecule has 2 heteroatoms. The van der Waals surface area contributed by atoms with Crippen LogP contribution in [0.25, 0.3) is 0 Å². The Morgan fingerprint density at radius 2 is 2.25 bits per heavy atom. The van der Waals surface area contributed by atoms with Gasteiger partial charge in [-0.1, -0.05) is 25.7 Å². The molecule has 0 bridgehead atoms. The fourth-order valence-corrected chi connectivity index (χ4v) is 2.94. The number of allylic oxidation sites excluding steroid dienone is 1. The Morgan fingerprint density at radius 3 is 2.88 bits per heavy atom. The van der Waals surface area contributed by atoms with Gasteiger partial charge in [0.2, 0.25) is 0 Å². The molecule has 0 aromatic rings. The van der Waals surface area contributed by atoms with E-state index in [4.69, 9.17) is 4.74 Å². The lowest BCUT2D eigenvalue weighted by atomic mass is 9.64. The van der Waals surface area contributed by atoms with Gasteiger partial charge in [-0.25, -0.2) is 4.79 Å². The van der Waals surface area contributed by atoms with Crippen molar-refractivity contribution in [1.82, 2.24) is 0 Å². The number of carbonyl (C=O) groups is 1. The van der Waals surface area contributed by atoms with Gasteiger partial charge in [0.05, 0.1) is 0 Å². The molecule has 88 valence electrons. The first-order valence-corrected chi connectivity index (χ1v) is 5.96. The quantitative estimate of drug-likeness (QED) is 0.385. The van der Waals surface area contributed by atoms with E-state index in [2.05, 4.69) is 27.0 Å². The van der Waals surface area contributed by atoms with Crippen LogP contribution in [0.1, 0.15) is 39.5 Å². The number of hydrogen-bond acceptors (Lipinski definition) is 2. The van der Waals surface area contributed by atoms with Gasteiger partial charge >= 0.3 is 5.97 Å². The van der Waals surface area contributed by atoms with Crippen molar-refractivity contribution < 1.29 is 9.53 Å². The molecule has 0 spiro atoms. The fraction of sp³-hybridized carbons (Fsp3) is 0.643. The van der Waals surface area contributed by atoms with E-state index in [0.717, 1.165) is 25.7 Å². The lowest BCUT2D eigenvalue weighted by Crippen LogP contribution is -2.46. The Kier molecular flexibility index (Phi) is 2.69. The Labute approximate surface area is 97.4 Å². The van der Waals surface area contributed by atoms with Crippen LogP contribution in [0.5, 0.6) is 0 Å². The maximum absolute atomic E-state index is 11.5. The molecule has 16 heavy (non-hydrogen) atoms. The number of esters is 1. The molecule has 2 rings (SSSR count). The Balaban J connectivity index is 2.16. The average Bonchev–Trinajstić information content (AvgIpc) is 2.19. The molecule has 1 aliphatic carbocycles. The van der Waals surface area contributed by atoms with Crippen molar-refractivity contribution in [2.24, 2.45) is 11.3 Å². The topological polar surface area (TPSA) is 26.3 Å². The second-order valence-electron chi connectivity index (χ2n) is 5.65. The zero-order valence-electron chi connectivity index (χ0n) is 10.2. The van der Waals surface area contributed by atoms with Gasteiger partial charge in [-0.15, -0.1) is 0 Å². The molecule has 1 aliphatic heterocycles. The van der Waals surface area contributed by atoms with E-state index < -0.39 is 0 Å². The highest BCUT2D eigenvalue weighted by molar-refractivity contribution is 5.88. The van der Waals surface area contributed by atoms with E-state index in [1.165, 1.54) is 5.57 Å². The van der Waals surface area contributed by atoms with Crippen molar-refractivity contribution in [1.29, 1.82) is 0 Å². The molecule has 0 aromatic carbocycles. The average molecular weight is 220 g/mol. The van der Waals surface area contributed by atoms with Crippen molar-refractivity contribution in [3.63, 3.8) is 0 Å². The van der Waals surface area contributed by atoms with Crippen LogP contribution in [0.3, 0.4) is 0 Å². The molecule has 0 aromatic heterocycles. The van der Waals surface area contributed by atoms with Crippen LogP contribution in [-0.4, -0.2) is 12.1 Å². The Bertz CT molecular complexity index is 356. The summed E-state index contributed by atoms with van der Waals surface area (Å²) < 4.78 is 5.51. The van der Waals surface area contributed by atoms with Gasteiger partial charge in [0.25, 0.3) is 0 Å². The zero-order valence-corrected chi connectivity index (χ0v) is 10.2. The first-order chi connectivity index (χ1) is 7.42. The summed E-state index contributed by atoms with van der Waals surface area (Å²) in [5.41, 5.74) is 1.95. The third-order valence-corrected chi connectivity index (χ3v) is 4.19. The summed E-state index contributed by atoms with van der Waals surface area (Å²) in [7, 11) is 0. The molecular weight excluding hydrogens is 200 g/mol. The van der Waals surface area contributed by atoms with Crippen molar-refractivity contribution in [2.45, 2.75) is 45.6 Å². The third kappa shape index (κ3) is 1.81. The molecule has 3 atom stereocenters. The fourth-order valence-electron chi connectivity index (χ4n) is 2.94. The van der Waals surface area contributed by atoms with Gasteiger partial charge < -0.3 is 4.74 Å². The molecule has 0 unspecified atom stereocenters. The Hall–Kier alpha value is -1.05. The standard InChI is InChI=1S/C14H20O2/c1-9(2)11-5-6-14(4)8-10(3)13(15)16-12(14)7-11/h11-12H,1,3,5-8H2,2,4H3/t11-,12-,14+/m1/s1. The van der Waals surface area contributed by atoms with E-state index in [0.29, 0.717) is 11.5 Å². The number of fused-ring (bicyclic) bond motifs is 1. The van der Waals surface area contributed by atoms with E-state index >= 15 is 0 Å². The monoisotopic (exact) mass is 220 g/mol. The van der Waals surface area contributed by atoms with Crippen molar-refractivity contribution in [3.8, 4) is 0 Å². The van der Waals surface area contributed by atoms with E-state index in [1.807, 2.05) is 0 Å². The molecule has 2 aliphatic rings. The predicted molar refractivity (Wildman–Crippen MR) is 63.9 cm³/mol.